The summed E-state index contributed by atoms with van der Waals surface area (Å²) in [6, 6.07) is 0. The number of hydrogen-bond donors (Lipinski definition) is 0. The summed E-state index contributed by atoms with van der Waals surface area (Å²) in [5.74, 6) is 0.665. The van der Waals surface area contributed by atoms with Crippen molar-refractivity contribution < 1.29 is 4.79 Å². The largest absolute Gasteiger partial charge is 0.303 e. The fourth-order valence-electron chi connectivity index (χ4n) is 1.89. The molecule has 0 saturated heterocycles. The standard InChI is InChI=1S/C11H18O/c1-9(2)10-4-6-11(3,8-12)7-5-10/h8,10H,1,4-7H2,2-3H3. The Bertz CT molecular complexity index is 185. The molecule has 1 rings (SSSR count). The highest BCUT2D eigenvalue weighted by molar-refractivity contribution is 5.58. The quantitative estimate of drug-likeness (QED) is 0.455. The Kier molecular flexibility index (Phi) is 2.71. The van der Waals surface area contributed by atoms with E-state index in [2.05, 4.69) is 20.4 Å². The maximum atomic E-state index is 10.7. The third-order valence-corrected chi connectivity index (χ3v) is 3.11. The van der Waals surface area contributed by atoms with E-state index in [0.29, 0.717) is 5.92 Å². The van der Waals surface area contributed by atoms with Gasteiger partial charge < -0.3 is 4.79 Å². The Hall–Kier alpha value is -0.590. The summed E-state index contributed by atoms with van der Waals surface area (Å²) in [5, 5.41) is 0. The van der Waals surface area contributed by atoms with E-state index >= 15 is 0 Å². The summed E-state index contributed by atoms with van der Waals surface area (Å²) in [7, 11) is 0. The Labute approximate surface area is 74.9 Å². The highest BCUT2D eigenvalue weighted by atomic mass is 16.1. The molecule has 0 amide bonds. The Morgan fingerprint density at radius 3 is 2.33 bits per heavy atom. The smallest absolute Gasteiger partial charge is 0.125 e. The van der Waals surface area contributed by atoms with E-state index in [1.54, 1.807) is 0 Å². The van der Waals surface area contributed by atoms with E-state index in [9.17, 15) is 4.79 Å². The van der Waals surface area contributed by atoms with E-state index in [1.807, 2.05) is 0 Å². The van der Waals surface area contributed by atoms with Crippen LogP contribution in [0, 0.1) is 11.3 Å². The summed E-state index contributed by atoms with van der Waals surface area (Å²) in [6.07, 6.45) is 5.48. The van der Waals surface area contributed by atoms with E-state index in [4.69, 9.17) is 0 Å². The van der Waals surface area contributed by atoms with E-state index in [1.165, 1.54) is 5.57 Å². The highest BCUT2D eigenvalue weighted by Crippen LogP contribution is 2.39. The van der Waals surface area contributed by atoms with Gasteiger partial charge in [0, 0.05) is 5.41 Å². The van der Waals surface area contributed by atoms with Gasteiger partial charge in [0.25, 0.3) is 0 Å². The fraction of sp³-hybridized carbons (Fsp3) is 0.727. The van der Waals surface area contributed by atoms with Crippen LogP contribution in [0.2, 0.25) is 0 Å². The molecule has 0 aromatic carbocycles. The molecular weight excluding hydrogens is 148 g/mol. The molecule has 12 heavy (non-hydrogen) atoms. The first-order chi connectivity index (χ1) is 5.57. The van der Waals surface area contributed by atoms with Crippen LogP contribution in [0.25, 0.3) is 0 Å². The van der Waals surface area contributed by atoms with Crippen LogP contribution in [0.15, 0.2) is 12.2 Å². The topological polar surface area (TPSA) is 17.1 Å². The lowest BCUT2D eigenvalue weighted by molar-refractivity contribution is -0.117. The van der Waals surface area contributed by atoms with Crippen molar-refractivity contribution in [1.29, 1.82) is 0 Å². The van der Waals surface area contributed by atoms with E-state index < -0.39 is 0 Å². The molecule has 0 aromatic heterocycles. The summed E-state index contributed by atoms with van der Waals surface area (Å²) < 4.78 is 0. The van der Waals surface area contributed by atoms with Crippen LogP contribution in [-0.4, -0.2) is 6.29 Å². The van der Waals surface area contributed by atoms with Crippen molar-refractivity contribution >= 4 is 6.29 Å². The zero-order chi connectivity index (χ0) is 9.19. The molecule has 0 bridgehead atoms. The average Bonchev–Trinajstić information content (AvgIpc) is 2.05. The van der Waals surface area contributed by atoms with Gasteiger partial charge in [-0.3, -0.25) is 0 Å². The van der Waals surface area contributed by atoms with Gasteiger partial charge in [-0.1, -0.05) is 19.1 Å². The molecule has 0 aliphatic heterocycles. The van der Waals surface area contributed by atoms with Crippen LogP contribution in [0.3, 0.4) is 0 Å². The molecule has 1 saturated carbocycles. The van der Waals surface area contributed by atoms with E-state index in [-0.39, 0.29) is 5.41 Å². The van der Waals surface area contributed by atoms with Gasteiger partial charge in [0.2, 0.25) is 0 Å². The first-order valence-electron chi connectivity index (χ1n) is 4.69. The number of allylic oxidation sites excluding steroid dienone is 1. The molecule has 1 aliphatic carbocycles. The van der Waals surface area contributed by atoms with Gasteiger partial charge in [0.15, 0.2) is 0 Å². The maximum absolute atomic E-state index is 10.7. The summed E-state index contributed by atoms with van der Waals surface area (Å²) in [6.45, 7) is 8.12. The molecule has 0 radical (unpaired) electrons. The molecule has 0 spiro atoms. The number of aldehydes is 1. The summed E-state index contributed by atoms with van der Waals surface area (Å²) in [4.78, 5) is 10.7. The van der Waals surface area contributed by atoms with Crippen molar-refractivity contribution in [3.8, 4) is 0 Å². The van der Waals surface area contributed by atoms with Crippen molar-refractivity contribution in [2.24, 2.45) is 11.3 Å². The molecule has 0 N–H and O–H groups in total. The van der Waals surface area contributed by atoms with Crippen molar-refractivity contribution in [1.82, 2.24) is 0 Å². The molecule has 1 fully saturated rings. The zero-order valence-electron chi connectivity index (χ0n) is 8.10. The maximum Gasteiger partial charge on any atom is 0.125 e. The van der Waals surface area contributed by atoms with E-state index in [0.717, 1.165) is 32.0 Å². The molecule has 0 heterocycles. The highest BCUT2D eigenvalue weighted by Gasteiger charge is 2.30. The molecule has 0 unspecified atom stereocenters. The first-order valence-corrected chi connectivity index (χ1v) is 4.69. The molecule has 1 heteroatoms. The van der Waals surface area contributed by atoms with Gasteiger partial charge in [-0.05, 0) is 38.5 Å². The Balaban J connectivity index is 2.49. The lowest BCUT2D eigenvalue weighted by atomic mass is 9.71. The van der Waals surface area contributed by atoms with Gasteiger partial charge in [0.1, 0.15) is 6.29 Å². The SMILES string of the molecule is C=C(C)C1CCC(C)(C=O)CC1. The van der Waals surface area contributed by atoms with Crippen molar-refractivity contribution in [3.63, 3.8) is 0 Å². The summed E-state index contributed by atoms with van der Waals surface area (Å²) in [5.41, 5.74) is 1.24. The van der Waals surface area contributed by atoms with Crippen LogP contribution in [0.1, 0.15) is 39.5 Å². The molecule has 1 aliphatic rings. The minimum Gasteiger partial charge on any atom is -0.303 e. The Morgan fingerprint density at radius 1 is 1.50 bits per heavy atom. The number of hydrogen-bond acceptors (Lipinski definition) is 1. The lowest BCUT2D eigenvalue weighted by Crippen LogP contribution is -2.25. The number of carbonyl (C=O) groups excluding carboxylic acids is 1. The normalized spacial score (nSPS) is 36.0. The van der Waals surface area contributed by atoms with Crippen LogP contribution < -0.4 is 0 Å². The average molecular weight is 166 g/mol. The molecule has 0 aromatic rings. The monoisotopic (exact) mass is 166 g/mol. The van der Waals surface area contributed by atoms with Gasteiger partial charge >= 0.3 is 0 Å². The zero-order valence-corrected chi connectivity index (χ0v) is 8.10. The number of carbonyl (C=O) groups is 1. The van der Waals surface area contributed by atoms with Crippen molar-refractivity contribution in [2.45, 2.75) is 39.5 Å². The molecule has 68 valence electrons. The van der Waals surface area contributed by atoms with Crippen LogP contribution in [0.4, 0.5) is 0 Å². The predicted octanol–water partition coefficient (Wildman–Crippen LogP) is 2.96. The third-order valence-electron chi connectivity index (χ3n) is 3.11. The third kappa shape index (κ3) is 1.96. The van der Waals surface area contributed by atoms with Crippen molar-refractivity contribution in [3.05, 3.63) is 12.2 Å². The number of rotatable bonds is 2. The molecule has 0 atom stereocenters. The van der Waals surface area contributed by atoms with Gasteiger partial charge in [0.05, 0.1) is 0 Å². The van der Waals surface area contributed by atoms with Gasteiger partial charge in [-0.2, -0.15) is 0 Å². The van der Waals surface area contributed by atoms with Crippen LogP contribution >= 0.6 is 0 Å². The summed E-state index contributed by atoms with van der Waals surface area (Å²) >= 11 is 0. The molecule has 1 nitrogen and oxygen atoms in total. The second-order valence-corrected chi connectivity index (χ2v) is 4.39. The minimum absolute atomic E-state index is 0.0358. The van der Waals surface area contributed by atoms with Crippen LogP contribution in [0.5, 0.6) is 0 Å². The molecular formula is C11H18O. The second kappa shape index (κ2) is 3.42. The fourth-order valence-corrected chi connectivity index (χ4v) is 1.89. The van der Waals surface area contributed by atoms with Gasteiger partial charge in [-0.15, -0.1) is 0 Å². The predicted molar refractivity (Wildman–Crippen MR) is 50.9 cm³/mol. The minimum atomic E-state index is -0.0358. The van der Waals surface area contributed by atoms with Crippen LogP contribution in [-0.2, 0) is 4.79 Å². The first kappa shape index (κ1) is 9.50. The second-order valence-electron chi connectivity index (χ2n) is 4.39. The van der Waals surface area contributed by atoms with Gasteiger partial charge in [-0.25, -0.2) is 0 Å². The Morgan fingerprint density at radius 2 is 2.00 bits per heavy atom. The lowest BCUT2D eigenvalue weighted by Gasteiger charge is -2.33. The van der Waals surface area contributed by atoms with Crippen molar-refractivity contribution in [2.75, 3.05) is 0 Å².